The maximum absolute atomic E-state index is 11.3. The molecule has 86 valence electrons. The van der Waals surface area contributed by atoms with Crippen molar-refractivity contribution in [1.82, 2.24) is 5.32 Å². The molecule has 1 aliphatic carbocycles. The van der Waals surface area contributed by atoms with Gasteiger partial charge >= 0.3 is 6.09 Å². The van der Waals surface area contributed by atoms with E-state index in [2.05, 4.69) is 5.32 Å². The van der Waals surface area contributed by atoms with Crippen molar-refractivity contribution in [3.63, 3.8) is 0 Å². The number of rotatable bonds is 1. The predicted molar refractivity (Wildman–Crippen MR) is 53.1 cm³/mol. The fourth-order valence-corrected chi connectivity index (χ4v) is 1.31. The van der Waals surface area contributed by atoms with Crippen molar-refractivity contribution in [2.45, 2.75) is 45.3 Å². The highest BCUT2D eigenvalue weighted by Crippen LogP contribution is 2.27. The normalized spacial score (nSPS) is 25.3. The van der Waals surface area contributed by atoms with Gasteiger partial charge in [0.1, 0.15) is 5.60 Å². The third-order valence-electron chi connectivity index (χ3n) is 2.11. The molecule has 2 N–H and O–H groups in total. The van der Waals surface area contributed by atoms with Crippen LogP contribution in [0, 0.1) is 5.92 Å². The van der Waals surface area contributed by atoms with Crippen LogP contribution in [-0.4, -0.2) is 28.8 Å². The molecule has 0 bridgehead atoms. The monoisotopic (exact) mass is 215 g/mol. The van der Waals surface area contributed by atoms with Gasteiger partial charge in [0, 0.05) is 5.92 Å². The van der Waals surface area contributed by atoms with Gasteiger partial charge in [-0.15, -0.1) is 0 Å². The van der Waals surface area contributed by atoms with Gasteiger partial charge in [-0.3, -0.25) is 10.1 Å². The lowest BCUT2D eigenvalue weighted by molar-refractivity contribution is -0.131. The summed E-state index contributed by atoms with van der Waals surface area (Å²) in [5.74, 6) is -0.623. The summed E-state index contributed by atoms with van der Waals surface area (Å²) >= 11 is 0. The Hall–Kier alpha value is -1.10. The van der Waals surface area contributed by atoms with Crippen LogP contribution in [0.4, 0.5) is 4.79 Å². The first-order chi connectivity index (χ1) is 6.78. The molecule has 0 radical (unpaired) electrons. The molecule has 2 amide bonds. The Kier molecular flexibility index (Phi) is 3.34. The van der Waals surface area contributed by atoms with Gasteiger partial charge in [0.25, 0.3) is 0 Å². The van der Waals surface area contributed by atoms with Crippen molar-refractivity contribution in [1.29, 1.82) is 0 Å². The maximum atomic E-state index is 11.3. The maximum Gasteiger partial charge on any atom is 0.414 e. The van der Waals surface area contributed by atoms with Crippen LogP contribution in [-0.2, 0) is 9.53 Å². The number of ether oxygens (including phenoxy) is 1. The summed E-state index contributed by atoms with van der Waals surface area (Å²) in [4.78, 5) is 22.5. The number of hydrogen-bond acceptors (Lipinski definition) is 4. The van der Waals surface area contributed by atoms with E-state index in [0.29, 0.717) is 12.8 Å². The lowest BCUT2D eigenvalue weighted by atomic mass is 9.82. The highest BCUT2D eigenvalue weighted by atomic mass is 16.6. The second-order valence-corrected chi connectivity index (χ2v) is 4.81. The van der Waals surface area contributed by atoms with Crippen LogP contribution in [0.25, 0.3) is 0 Å². The fourth-order valence-electron chi connectivity index (χ4n) is 1.31. The standard InChI is InChI=1S/C10H17NO4/c1-10(2,3)15-9(14)11-8(13)6-4-7(12)5-6/h6-7,12H,4-5H2,1-3H3,(H,11,13,14). The highest BCUT2D eigenvalue weighted by Gasteiger charge is 2.34. The minimum atomic E-state index is -0.728. The first-order valence-electron chi connectivity index (χ1n) is 5.00. The quantitative estimate of drug-likeness (QED) is 0.678. The Labute approximate surface area is 88.8 Å². The van der Waals surface area contributed by atoms with Crippen molar-refractivity contribution in [2.24, 2.45) is 5.92 Å². The van der Waals surface area contributed by atoms with E-state index in [0.717, 1.165) is 0 Å². The van der Waals surface area contributed by atoms with Crippen molar-refractivity contribution in [2.75, 3.05) is 0 Å². The van der Waals surface area contributed by atoms with Gasteiger partial charge in [0.05, 0.1) is 6.10 Å². The summed E-state index contributed by atoms with van der Waals surface area (Å²) in [7, 11) is 0. The minimum absolute atomic E-state index is 0.257. The average molecular weight is 215 g/mol. The number of nitrogens with one attached hydrogen (secondary N) is 1. The number of hydrogen-bond donors (Lipinski definition) is 2. The lowest BCUT2D eigenvalue weighted by Crippen LogP contribution is -2.45. The smallest absolute Gasteiger partial charge is 0.414 e. The van der Waals surface area contributed by atoms with Gasteiger partial charge in [0.15, 0.2) is 0 Å². The Bertz CT molecular complexity index is 263. The second kappa shape index (κ2) is 4.18. The van der Waals surface area contributed by atoms with Crippen LogP contribution in [0.15, 0.2) is 0 Å². The summed E-state index contributed by atoms with van der Waals surface area (Å²) in [6, 6.07) is 0. The largest absolute Gasteiger partial charge is 0.444 e. The summed E-state index contributed by atoms with van der Waals surface area (Å²) < 4.78 is 4.92. The zero-order valence-electron chi connectivity index (χ0n) is 9.24. The van der Waals surface area contributed by atoms with Gasteiger partial charge in [-0.25, -0.2) is 4.79 Å². The molecule has 0 saturated heterocycles. The number of imide groups is 1. The molecule has 0 spiro atoms. The second-order valence-electron chi connectivity index (χ2n) is 4.81. The summed E-state index contributed by atoms with van der Waals surface area (Å²) in [6.45, 7) is 5.18. The van der Waals surface area contributed by atoms with Crippen molar-refractivity contribution in [3.8, 4) is 0 Å². The van der Waals surface area contributed by atoms with E-state index in [-0.39, 0.29) is 11.8 Å². The number of amides is 2. The summed E-state index contributed by atoms with van der Waals surface area (Å²) in [5, 5.41) is 11.1. The number of aliphatic hydroxyl groups is 1. The van der Waals surface area contributed by atoms with Gasteiger partial charge in [-0.05, 0) is 33.6 Å². The van der Waals surface area contributed by atoms with E-state index in [1.807, 2.05) is 0 Å². The fraction of sp³-hybridized carbons (Fsp3) is 0.800. The van der Waals surface area contributed by atoms with Crippen molar-refractivity contribution < 1.29 is 19.4 Å². The number of carbonyl (C=O) groups excluding carboxylic acids is 2. The Balaban J connectivity index is 2.29. The van der Waals surface area contributed by atoms with E-state index in [4.69, 9.17) is 9.84 Å². The van der Waals surface area contributed by atoms with Crippen LogP contribution in [0.5, 0.6) is 0 Å². The molecule has 0 aromatic heterocycles. The average Bonchev–Trinajstić information content (AvgIpc) is 1.94. The first kappa shape index (κ1) is 12.0. The van der Waals surface area contributed by atoms with Crippen molar-refractivity contribution >= 4 is 12.0 Å². The number of alkyl carbamates (subject to hydrolysis) is 1. The predicted octanol–water partition coefficient (Wildman–Crippen LogP) is 0.809. The van der Waals surface area contributed by atoms with Crippen LogP contribution >= 0.6 is 0 Å². The molecule has 0 heterocycles. The minimum Gasteiger partial charge on any atom is -0.444 e. The van der Waals surface area contributed by atoms with Crippen LogP contribution in [0.1, 0.15) is 33.6 Å². The lowest BCUT2D eigenvalue weighted by Gasteiger charge is -2.30. The van der Waals surface area contributed by atoms with E-state index in [1.165, 1.54) is 0 Å². The molecule has 0 atom stereocenters. The molecule has 0 unspecified atom stereocenters. The van der Waals surface area contributed by atoms with Gasteiger partial charge in [0.2, 0.25) is 5.91 Å². The highest BCUT2D eigenvalue weighted by molar-refractivity contribution is 5.93. The zero-order valence-corrected chi connectivity index (χ0v) is 9.24. The molecule has 5 heteroatoms. The van der Waals surface area contributed by atoms with Crippen LogP contribution in [0.3, 0.4) is 0 Å². The molecule has 0 aliphatic heterocycles. The SMILES string of the molecule is CC(C)(C)OC(=O)NC(=O)C1CC(O)C1. The number of aliphatic hydroxyl groups excluding tert-OH is 1. The molecule has 0 aromatic carbocycles. The third kappa shape index (κ3) is 3.87. The van der Waals surface area contributed by atoms with Gasteiger partial charge in [-0.2, -0.15) is 0 Å². The van der Waals surface area contributed by atoms with E-state index < -0.39 is 17.8 Å². The summed E-state index contributed by atoms with van der Waals surface area (Å²) in [5.41, 5.74) is -0.608. The number of carbonyl (C=O) groups is 2. The third-order valence-corrected chi connectivity index (χ3v) is 2.11. The molecule has 1 fully saturated rings. The van der Waals surface area contributed by atoms with E-state index in [1.54, 1.807) is 20.8 Å². The van der Waals surface area contributed by atoms with Crippen molar-refractivity contribution in [3.05, 3.63) is 0 Å². The molecule has 15 heavy (non-hydrogen) atoms. The van der Waals surface area contributed by atoms with E-state index in [9.17, 15) is 9.59 Å². The first-order valence-corrected chi connectivity index (χ1v) is 5.00. The van der Waals surface area contributed by atoms with Gasteiger partial charge < -0.3 is 9.84 Å². The molecule has 1 aliphatic rings. The summed E-state index contributed by atoms with van der Waals surface area (Å²) in [6.07, 6.45) is -0.281. The molecule has 5 nitrogen and oxygen atoms in total. The molecular formula is C10H17NO4. The van der Waals surface area contributed by atoms with Gasteiger partial charge in [-0.1, -0.05) is 0 Å². The molecule has 1 saturated carbocycles. The van der Waals surface area contributed by atoms with Crippen LogP contribution < -0.4 is 5.32 Å². The molecule has 1 rings (SSSR count). The molecule has 0 aromatic rings. The van der Waals surface area contributed by atoms with Crippen LogP contribution in [0.2, 0.25) is 0 Å². The van der Waals surface area contributed by atoms with E-state index >= 15 is 0 Å². The molecular weight excluding hydrogens is 198 g/mol. The Morgan fingerprint density at radius 3 is 2.27 bits per heavy atom. The Morgan fingerprint density at radius 1 is 1.33 bits per heavy atom. The zero-order chi connectivity index (χ0) is 11.6. The Morgan fingerprint density at radius 2 is 1.87 bits per heavy atom. The topological polar surface area (TPSA) is 75.6 Å².